The van der Waals surface area contributed by atoms with Crippen molar-refractivity contribution in [2.45, 2.75) is 51.5 Å². The summed E-state index contributed by atoms with van der Waals surface area (Å²) < 4.78 is 5.24. The van der Waals surface area contributed by atoms with Gasteiger partial charge in [-0.3, -0.25) is 9.69 Å². The number of nitrogens with zero attached hydrogens (tertiary/aromatic N) is 2. The summed E-state index contributed by atoms with van der Waals surface area (Å²) in [6.45, 7) is 9.11. The van der Waals surface area contributed by atoms with Crippen molar-refractivity contribution in [1.82, 2.24) is 9.80 Å². The predicted octanol–water partition coefficient (Wildman–Crippen LogP) is 2.14. The molecule has 0 aromatic heterocycles. The zero-order valence-corrected chi connectivity index (χ0v) is 13.4. The van der Waals surface area contributed by atoms with Gasteiger partial charge in [0.05, 0.1) is 13.0 Å². The number of hydrogen-bond donors (Lipinski definition) is 0. The Labute approximate surface area is 123 Å². The molecule has 0 amide bonds. The molecule has 4 nitrogen and oxygen atoms in total. The Morgan fingerprint density at radius 2 is 2.00 bits per heavy atom. The highest BCUT2D eigenvalue weighted by atomic mass is 16.5. The second kappa shape index (κ2) is 6.90. The molecule has 1 saturated carbocycles. The van der Waals surface area contributed by atoms with E-state index in [-0.39, 0.29) is 11.5 Å². The highest BCUT2D eigenvalue weighted by Crippen LogP contribution is 2.40. The number of carbonyl (C=O) groups is 1. The lowest BCUT2D eigenvalue weighted by atomic mass is 9.73. The van der Waals surface area contributed by atoms with Crippen molar-refractivity contribution in [2.75, 3.05) is 39.8 Å². The molecule has 1 aliphatic carbocycles. The third-order valence-electron chi connectivity index (χ3n) is 5.02. The standard InChI is InChI=1S/C16H30N2O2/c1-4-20-15(19)13-16(7-5-6-14(2)12-16)18-10-8-17(3)9-11-18/h14H,4-13H2,1-3H3. The van der Waals surface area contributed by atoms with Crippen LogP contribution in [0.4, 0.5) is 0 Å². The molecule has 0 N–H and O–H groups in total. The van der Waals surface area contributed by atoms with Gasteiger partial charge in [0.1, 0.15) is 0 Å². The highest BCUT2D eigenvalue weighted by molar-refractivity contribution is 5.71. The molecular formula is C16H30N2O2. The van der Waals surface area contributed by atoms with Crippen LogP contribution in [0.2, 0.25) is 0 Å². The van der Waals surface area contributed by atoms with Gasteiger partial charge < -0.3 is 9.64 Å². The van der Waals surface area contributed by atoms with Crippen molar-refractivity contribution in [1.29, 1.82) is 0 Å². The van der Waals surface area contributed by atoms with E-state index in [9.17, 15) is 4.79 Å². The molecule has 1 aliphatic heterocycles. The number of likely N-dealkylation sites (N-methyl/N-ethyl adjacent to an activating group) is 1. The number of carbonyl (C=O) groups excluding carboxylic acids is 1. The first-order valence-corrected chi connectivity index (χ1v) is 8.15. The molecule has 1 saturated heterocycles. The fourth-order valence-electron chi connectivity index (χ4n) is 3.95. The van der Waals surface area contributed by atoms with Gasteiger partial charge in [0.25, 0.3) is 0 Å². The van der Waals surface area contributed by atoms with Crippen LogP contribution in [0.1, 0.15) is 46.0 Å². The van der Waals surface area contributed by atoms with E-state index in [4.69, 9.17) is 4.74 Å². The SMILES string of the molecule is CCOC(=O)CC1(N2CCN(C)CC2)CCCC(C)C1. The fourth-order valence-corrected chi connectivity index (χ4v) is 3.95. The van der Waals surface area contributed by atoms with Gasteiger partial charge in [-0.15, -0.1) is 0 Å². The van der Waals surface area contributed by atoms with E-state index >= 15 is 0 Å². The van der Waals surface area contributed by atoms with Gasteiger partial charge in [-0.1, -0.05) is 19.8 Å². The lowest BCUT2D eigenvalue weighted by Crippen LogP contribution is -2.58. The maximum absolute atomic E-state index is 12.1. The van der Waals surface area contributed by atoms with Gasteiger partial charge in [0, 0.05) is 31.7 Å². The zero-order valence-electron chi connectivity index (χ0n) is 13.4. The van der Waals surface area contributed by atoms with Crippen LogP contribution < -0.4 is 0 Å². The average Bonchev–Trinajstić information content (AvgIpc) is 2.39. The van der Waals surface area contributed by atoms with E-state index in [1.165, 1.54) is 12.8 Å². The minimum Gasteiger partial charge on any atom is -0.466 e. The van der Waals surface area contributed by atoms with Crippen LogP contribution in [0.25, 0.3) is 0 Å². The van der Waals surface area contributed by atoms with Gasteiger partial charge in [-0.25, -0.2) is 0 Å². The summed E-state index contributed by atoms with van der Waals surface area (Å²) >= 11 is 0. The molecule has 0 bridgehead atoms. The number of ether oxygens (including phenoxy) is 1. The van der Waals surface area contributed by atoms with Crippen LogP contribution in [-0.2, 0) is 9.53 Å². The maximum Gasteiger partial charge on any atom is 0.307 e. The molecule has 2 atom stereocenters. The van der Waals surface area contributed by atoms with Crippen molar-refractivity contribution < 1.29 is 9.53 Å². The van der Waals surface area contributed by atoms with E-state index in [0.29, 0.717) is 13.0 Å². The third-order valence-corrected chi connectivity index (χ3v) is 5.02. The van der Waals surface area contributed by atoms with E-state index in [1.54, 1.807) is 0 Å². The largest absolute Gasteiger partial charge is 0.466 e. The molecule has 0 aromatic carbocycles. The number of piperazine rings is 1. The van der Waals surface area contributed by atoms with Crippen molar-refractivity contribution in [2.24, 2.45) is 5.92 Å². The molecule has 0 aromatic rings. The van der Waals surface area contributed by atoms with Crippen LogP contribution in [-0.4, -0.2) is 61.1 Å². The van der Waals surface area contributed by atoms with Gasteiger partial charge in [-0.2, -0.15) is 0 Å². The highest BCUT2D eigenvalue weighted by Gasteiger charge is 2.42. The van der Waals surface area contributed by atoms with Gasteiger partial charge in [-0.05, 0) is 32.7 Å². The zero-order chi connectivity index (χ0) is 14.6. The molecule has 2 aliphatic rings. The van der Waals surface area contributed by atoms with Gasteiger partial charge in [0.15, 0.2) is 0 Å². The first-order chi connectivity index (χ1) is 9.55. The molecule has 2 rings (SSSR count). The van der Waals surface area contributed by atoms with Gasteiger partial charge >= 0.3 is 5.97 Å². The molecular weight excluding hydrogens is 252 g/mol. The topological polar surface area (TPSA) is 32.8 Å². The van der Waals surface area contributed by atoms with Crippen LogP contribution >= 0.6 is 0 Å². The fraction of sp³-hybridized carbons (Fsp3) is 0.938. The average molecular weight is 282 g/mol. The van der Waals surface area contributed by atoms with Gasteiger partial charge in [0.2, 0.25) is 0 Å². The van der Waals surface area contributed by atoms with Crippen LogP contribution in [0.15, 0.2) is 0 Å². The maximum atomic E-state index is 12.1. The van der Waals surface area contributed by atoms with Crippen LogP contribution in [0, 0.1) is 5.92 Å². The predicted molar refractivity (Wildman–Crippen MR) is 80.7 cm³/mol. The van der Waals surface area contributed by atoms with Crippen molar-refractivity contribution >= 4 is 5.97 Å². The quantitative estimate of drug-likeness (QED) is 0.740. The summed E-state index contributed by atoms with van der Waals surface area (Å²) in [5.41, 5.74) is 0.0607. The minimum absolute atomic E-state index is 0.0134. The summed E-state index contributed by atoms with van der Waals surface area (Å²) in [7, 11) is 2.18. The van der Waals surface area contributed by atoms with Crippen molar-refractivity contribution in [3.05, 3.63) is 0 Å². The third kappa shape index (κ3) is 3.73. The number of esters is 1. The first-order valence-electron chi connectivity index (χ1n) is 8.15. The van der Waals surface area contributed by atoms with Crippen molar-refractivity contribution in [3.63, 3.8) is 0 Å². The Kier molecular flexibility index (Phi) is 5.44. The molecule has 1 heterocycles. The molecule has 2 fully saturated rings. The Bertz CT molecular complexity index is 326. The summed E-state index contributed by atoms with van der Waals surface area (Å²) in [4.78, 5) is 17.0. The molecule has 116 valence electrons. The lowest BCUT2D eigenvalue weighted by molar-refractivity contribution is -0.148. The summed E-state index contributed by atoms with van der Waals surface area (Å²) in [6.07, 6.45) is 5.43. The number of hydrogen-bond acceptors (Lipinski definition) is 4. The summed E-state index contributed by atoms with van der Waals surface area (Å²) in [5.74, 6) is 0.707. The van der Waals surface area contributed by atoms with E-state index < -0.39 is 0 Å². The van der Waals surface area contributed by atoms with Crippen LogP contribution in [0.5, 0.6) is 0 Å². The molecule has 4 heteroatoms. The lowest BCUT2D eigenvalue weighted by Gasteiger charge is -2.50. The molecule has 20 heavy (non-hydrogen) atoms. The molecule has 0 spiro atoms. The Morgan fingerprint density at radius 1 is 1.30 bits per heavy atom. The van der Waals surface area contributed by atoms with E-state index in [0.717, 1.165) is 44.9 Å². The Hall–Kier alpha value is -0.610. The second-order valence-corrected chi connectivity index (χ2v) is 6.70. The Balaban J connectivity index is 2.08. The first kappa shape index (κ1) is 15.8. The summed E-state index contributed by atoms with van der Waals surface area (Å²) in [5, 5.41) is 0. The Morgan fingerprint density at radius 3 is 2.60 bits per heavy atom. The minimum atomic E-state index is -0.0134. The normalized spacial score (nSPS) is 33.0. The smallest absolute Gasteiger partial charge is 0.307 e. The number of rotatable bonds is 4. The summed E-state index contributed by atoms with van der Waals surface area (Å²) in [6, 6.07) is 0. The molecule has 2 unspecified atom stereocenters. The van der Waals surface area contributed by atoms with Crippen LogP contribution in [0.3, 0.4) is 0 Å². The van der Waals surface area contributed by atoms with E-state index in [2.05, 4.69) is 23.8 Å². The van der Waals surface area contributed by atoms with E-state index in [1.807, 2.05) is 6.92 Å². The molecule has 0 radical (unpaired) electrons. The second-order valence-electron chi connectivity index (χ2n) is 6.70. The van der Waals surface area contributed by atoms with Crippen molar-refractivity contribution in [3.8, 4) is 0 Å². The monoisotopic (exact) mass is 282 g/mol.